The lowest BCUT2D eigenvalue weighted by molar-refractivity contribution is 0.0649. The van der Waals surface area contributed by atoms with Crippen LogP contribution < -0.4 is 0 Å². The number of fused-ring (bicyclic) bond motifs is 1. The monoisotopic (exact) mass is 313 g/mol. The van der Waals surface area contributed by atoms with Crippen molar-refractivity contribution in [2.75, 3.05) is 19.6 Å². The van der Waals surface area contributed by atoms with E-state index in [1.807, 2.05) is 22.7 Å². The third kappa shape index (κ3) is 2.51. The number of hydrogen-bond donors (Lipinski definition) is 0. The predicted molar refractivity (Wildman–Crippen MR) is 87.3 cm³/mol. The summed E-state index contributed by atoms with van der Waals surface area (Å²) in [6, 6.07) is 4.62. The van der Waals surface area contributed by atoms with Crippen molar-refractivity contribution in [2.24, 2.45) is 0 Å². The minimum Gasteiger partial charge on any atom is -0.334 e. The maximum absolute atomic E-state index is 13.0. The first-order valence-electron chi connectivity index (χ1n) is 8.62. The van der Waals surface area contributed by atoms with E-state index in [0.717, 1.165) is 37.1 Å². The van der Waals surface area contributed by atoms with Crippen molar-refractivity contribution in [1.29, 1.82) is 0 Å². The highest BCUT2D eigenvalue weighted by atomic mass is 16.2. The maximum Gasteiger partial charge on any atom is 0.255 e. The Kier molecular flexibility index (Phi) is 3.77. The Labute approximate surface area is 136 Å². The van der Waals surface area contributed by atoms with E-state index in [0.29, 0.717) is 12.1 Å². The largest absolute Gasteiger partial charge is 0.334 e. The van der Waals surface area contributed by atoms with Gasteiger partial charge in [-0.1, -0.05) is 6.92 Å². The zero-order valence-electron chi connectivity index (χ0n) is 13.6. The molecule has 4 rings (SSSR count). The fraction of sp³-hybridized carbons (Fsp3) is 0.588. The number of carbonyl (C=O) groups excluding carboxylic acids is 1. The van der Waals surface area contributed by atoms with Crippen LogP contribution in [0.15, 0.2) is 24.7 Å². The van der Waals surface area contributed by atoms with Gasteiger partial charge in [-0.2, -0.15) is 0 Å². The maximum atomic E-state index is 13.0. The summed E-state index contributed by atoms with van der Waals surface area (Å²) in [4.78, 5) is 17.7. The van der Waals surface area contributed by atoms with Crippen LogP contribution in [0.2, 0.25) is 0 Å². The van der Waals surface area contributed by atoms with Crippen LogP contribution in [0.4, 0.5) is 0 Å². The molecule has 1 amide bonds. The Balaban J connectivity index is 1.59. The lowest BCUT2D eigenvalue weighted by Gasteiger charge is -2.34. The highest BCUT2D eigenvalue weighted by Gasteiger charge is 2.39. The SMILES string of the molecule is CCN1CCC[C@@H]1[C@H]1CCCN1C(=O)c1ccc2nncn2c1. The smallest absolute Gasteiger partial charge is 0.255 e. The molecule has 0 aromatic carbocycles. The average molecular weight is 313 g/mol. The zero-order valence-corrected chi connectivity index (χ0v) is 13.6. The van der Waals surface area contributed by atoms with Gasteiger partial charge in [0.25, 0.3) is 5.91 Å². The minimum absolute atomic E-state index is 0.144. The van der Waals surface area contributed by atoms with E-state index in [9.17, 15) is 4.79 Å². The summed E-state index contributed by atoms with van der Waals surface area (Å²) in [7, 11) is 0. The molecule has 2 aromatic rings. The average Bonchev–Trinajstić information content (AvgIpc) is 3.30. The highest BCUT2D eigenvalue weighted by Crippen LogP contribution is 2.30. The molecule has 6 nitrogen and oxygen atoms in total. The van der Waals surface area contributed by atoms with E-state index in [1.165, 1.54) is 19.4 Å². The van der Waals surface area contributed by atoms with Crippen molar-refractivity contribution in [2.45, 2.75) is 44.7 Å². The normalized spacial score (nSPS) is 25.5. The number of aromatic nitrogens is 3. The van der Waals surface area contributed by atoms with E-state index in [4.69, 9.17) is 0 Å². The van der Waals surface area contributed by atoms with E-state index in [1.54, 1.807) is 6.33 Å². The van der Waals surface area contributed by atoms with Gasteiger partial charge in [-0.05, 0) is 50.9 Å². The second-order valence-electron chi connectivity index (χ2n) is 6.56. The van der Waals surface area contributed by atoms with Gasteiger partial charge in [-0.3, -0.25) is 14.1 Å². The van der Waals surface area contributed by atoms with Crippen LogP contribution in [0.25, 0.3) is 5.65 Å². The number of nitrogens with zero attached hydrogens (tertiary/aromatic N) is 5. The Morgan fingerprint density at radius 2 is 2.04 bits per heavy atom. The van der Waals surface area contributed by atoms with Crippen molar-refractivity contribution in [3.05, 3.63) is 30.2 Å². The molecular weight excluding hydrogens is 290 g/mol. The van der Waals surface area contributed by atoms with Crippen LogP contribution in [0, 0.1) is 0 Å². The molecule has 0 saturated carbocycles. The first-order valence-corrected chi connectivity index (χ1v) is 8.62. The molecule has 6 heteroatoms. The minimum atomic E-state index is 0.144. The lowest BCUT2D eigenvalue weighted by Crippen LogP contribution is -2.48. The van der Waals surface area contributed by atoms with E-state index in [2.05, 4.69) is 26.9 Å². The quantitative estimate of drug-likeness (QED) is 0.867. The molecule has 2 aromatic heterocycles. The standard InChI is InChI=1S/C17H23N5O/c1-2-20-9-3-5-14(20)15-6-4-10-22(15)17(23)13-7-8-16-19-18-12-21(16)11-13/h7-8,11-12,14-15H,2-6,9-10H2,1H3/t14-,15-/m1/s1. The van der Waals surface area contributed by atoms with Crippen molar-refractivity contribution in [1.82, 2.24) is 24.4 Å². The number of carbonyl (C=O) groups is 1. The second-order valence-corrected chi connectivity index (χ2v) is 6.56. The lowest BCUT2D eigenvalue weighted by atomic mass is 10.0. The number of likely N-dealkylation sites (N-methyl/N-ethyl adjacent to an activating group) is 1. The van der Waals surface area contributed by atoms with Crippen molar-refractivity contribution >= 4 is 11.6 Å². The molecule has 4 heterocycles. The van der Waals surface area contributed by atoms with Gasteiger partial charge in [-0.15, -0.1) is 10.2 Å². The first kappa shape index (κ1) is 14.6. The van der Waals surface area contributed by atoms with E-state index >= 15 is 0 Å². The molecule has 0 radical (unpaired) electrons. The van der Waals surface area contributed by atoms with Gasteiger partial charge in [0.1, 0.15) is 6.33 Å². The molecule has 2 atom stereocenters. The molecule has 2 fully saturated rings. The molecule has 0 aliphatic carbocycles. The fourth-order valence-corrected chi connectivity index (χ4v) is 4.24. The van der Waals surface area contributed by atoms with Gasteiger partial charge < -0.3 is 4.90 Å². The summed E-state index contributed by atoms with van der Waals surface area (Å²) in [5, 5.41) is 7.88. The van der Waals surface area contributed by atoms with Crippen molar-refractivity contribution in [3.63, 3.8) is 0 Å². The molecular formula is C17H23N5O. The number of hydrogen-bond acceptors (Lipinski definition) is 4. The fourth-order valence-electron chi connectivity index (χ4n) is 4.24. The second kappa shape index (κ2) is 5.92. The van der Waals surface area contributed by atoms with Gasteiger partial charge in [0.15, 0.2) is 5.65 Å². The Bertz CT molecular complexity index is 712. The molecule has 0 N–H and O–H groups in total. The van der Waals surface area contributed by atoms with Gasteiger partial charge in [0, 0.05) is 24.8 Å². The van der Waals surface area contributed by atoms with Crippen LogP contribution in [0.5, 0.6) is 0 Å². The van der Waals surface area contributed by atoms with Gasteiger partial charge in [-0.25, -0.2) is 0 Å². The Morgan fingerprint density at radius 1 is 1.22 bits per heavy atom. The van der Waals surface area contributed by atoms with Gasteiger partial charge >= 0.3 is 0 Å². The third-order valence-corrected chi connectivity index (χ3v) is 5.36. The third-order valence-electron chi connectivity index (χ3n) is 5.36. The van der Waals surface area contributed by atoms with Crippen LogP contribution >= 0.6 is 0 Å². The van der Waals surface area contributed by atoms with Crippen LogP contribution in [-0.2, 0) is 0 Å². The first-order chi connectivity index (χ1) is 11.3. The number of rotatable bonds is 3. The number of pyridine rings is 1. The zero-order chi connectivity index (χ0) is 15.8. The summed E-state index contributed by atoms with van der Waals surface area (Å²) in [6.45, 7) is 5.35. The molecule has 2 aliphatic rings. The van der Waals surface area contributed by atoms with Gasteiger partial charge in [0.05, 0.1) is 5.56 Å². The van der Waals surface area contributed by atoms with Crippen molar-refractivity contribution < 1.29 is 4.79 Å². The van der Waals surface area contributed by atoms with Crippen LogP contribution in [-0.4, -0.2) is 62.0 Å². The number of amides is 1. The molecule has 0 spiro atoms. The van der Waals surface area contributed by atoms with Crippen LogP contribution in [0.3, 0.4) is 0 Å². The Morgan fingerprint density at radius 3 is 2.91 bits per heavy atom. The molecule has 122 valence electrons. The number of likely N-dealkylation sites (tertiary alicyclic amines) is 2. The summed E-state index contributed by atoms with van der Waals surface area (Å²) in [5.41, 5.74) is 1.50. The molecule has 2 aliphatic heterocycles. The van der Waals surface area contributed by atoms with E-state index < -0.39 is 0 Å². The molecule has 2 saturated heterocycles. The Hall–Kier alpha value is -1.95. The van der Waals surface area contributed by atoms with Crippen molar-refractivity contribution in [3.8, 4) is 0 Å². The highest BCUT2D eigenvalue weighted by molar-refractivity contribution is 5.94. The summed E-state index contributed by atoms with van der Waals surface area (Å²) < 4.78 is 1.81. The predicted octanol–water partition coefficient (Wildman–Crippen LogP) is 1.82. The summed E-state index contributed by atoms with van der Waals surface area (Å²) >= 11 is 0. The molecule has 23 heavy (non-hydrogen) atoms. The van der Waals surface area contributed by atoms with E-state index in [-0.39, 0.29) is 5.91 Å². The van der Waals surface area contributed by atoms with Crippen LogP contribution in [0.1, 0.15) is 43.0 Å². The van der Waals surface area contributed by atoms with Gasteiger partial charge in [0.2, 0.25) is 0 Å². The topological polar surface area (TPSA) is 53.7 Å². The summed E-state index contributed by atoms with van der Waals surface area (Å²) in [5.74, 6) is 0.144. The molecule has 0 bridgehead atoms. The molecule has 0 unspecified atom stereocenters. The summed E-state index contributed by atoms with van der Waals surface area (Å²) in [6.07, 6.45) is 8.19.